The Morgan fingerprint density at radius 1 is 0.708 bits per heavy atom. The van der Waals surface area contributed by atoms with Crippen LogP contribution in [0.3, 0.4) is 0 Å². The van der Waals surface area contributed by atoms with Crippen LogP contribution in [0.4, 0.5) is 0 Å². The van der Waals surface area contributed by atoms with Crippen molar-refractivity contribution >= 4 is 19.2 Å². The summed E-state index contributed by atoms with van der Waals surface area (Å²) in [6.45, 7) is -0.283. The number of benzene rings is 3. The minimum absolute atomic E-state index is 0.283. The Kier molecular flexibility index (Phi) is 5.83. The number of hydrogen-bond acceptors (Lipinski definition) is 2. The number of ether oxygens (including phenoxy) is 1. The van der Waals surface area contributed by atoms with Gasteiger partial charge in [0.1, 0.15) is 14.5 Å². The lowest BCUT2D eigenvalue weighted by atomic mass is 10.2. The molecule has 3 rings (SSSR count). The quantitative estimate of drug-likeness (QED) is 0.532. The van der Waals surface area contributed by atoms with Gasteiger partial charge in [0.25, 0.3) is 0 Å². The molecule has 0 bridgehead atoms. The van der Waals surface area contributed by atoms with Crippen molar-refractivity contribution < 1.29 is 9.84 Å². The van der Waals surface area contributed by atoms with Gasteiger partial charge in [0.05, 0.1) is 0 Å². The van der Waals surface area contributed by atoms with Crippen molar-refractivity contribution in [3.05, 3.63) is 90.5 Å². The van der Waals surface area contributed by atoms with Crippen LogP contribution in [0.1, 0.15) is 5.56 Å². The van der Waals surface area contributed by atoms with Crippen molar-refractivity contribution in [1.29, 1.82) is 0 Å². The van der Waals surface area contributed by atoms with Gasteiger partial charge in [-0.2, -0.15) is 0 Å². The maximum atomic E-state index is 8.80. The van der Waals surface area contributed by atoms with E-state index < -0.39 is 8.80 Å². The summed E-state index contributed by atoms with van der Waals surface area (Å²) >= 11 is 0. The van der Waals surface area contributed by atoms with E-state index in [2.05, 4.69) is 72.8 Å². The van der Waals surface area contributed by atoms with Crippen molar-refractivity contribution in [3.8, 4) is 5.75 Å². The number of aliphatic hydroxyl groups is 1. The first-order chi connectivity index (χ1) is 11.9. The van der Waals surface area contributed by atoms with Crippen LogP contribution < -0.4 is 15.1 Å². The van der Waals surface area contributed by atoms with Crippen LogP contribution in [0.15, 0.2) is 84.9 Å². The Morgan fingerprint density at radius 2 is 1.25 bits per heavy atom. The Morgan fingerprint density at radius 3 is 1.75 bits per heavy atom. The van der Waals surface area contributed by atoms with Crippen molar-refractivity contribution in [3.63, 3.8) is 0 Å². The van der Waals surface area contributed by atoms with Crippen LogP contribution in [-0.4, -0.2) is 20.7 Å². The van der Waals surface area contributed by atoms with Gasteiger partial charge in [-0.25, -0.2) is 0 Å². The van der Waals surface area contributed by atoms with Gasteiger partial charge < -0.3 is 9.84 Å². The average molecular weight is 333 g/mol. The van der Waals surface area contributed by atoms with Crippen LogP contribution in [0, 0.1) is 0 Å². The van der Waals surface area contributed by atoms with Gasteiger partial charge in [0.2, 0.25) is 0 Å². The van der Waals surface area contributed by atoms with Crippen LogP contribution in [-0.2, 0) is 6.42 Å². The Balaban J connectivity index is 1.75. The highest BCUT2D eigenvalue weighted by Gasteiger charge is 2.16. The summed E-state index contributed by atoms with van der Waals surface area (Å²) < 4.78 is 5.09. The van der Waals surface area contributed by atoms with Gasteiger partial charge in [-0.15, -0.1) is 0 Å². The van der Waals surface area contributed by atoms with Crippen molar-refractivity contribution in [1.82, 2.24) is 0 Å². The minimum atomic E-state index is -0.789. The molecular weight excluding hydrogens is 312 g/mol. The van der Waals surface area contributed by atoms with E-state index in [1.165, 1.54) is 15.9 Å². The zero-order valence-corrected chi connectivity index (χ0v) is 14.6. The zero-order valence-electron chi connectivity index (χ0n) is 13.6. The number of rotatable bonds is 7. The lowest BCUT2D eigenvalue weighted by Gasteiger charge is -2.16. The van der Waals surface area contributed by atoms with E-state index in [-0.39, 0.29) is 6.79 Å². The second-order valence-corrected chi connectivity index (χ2v) is 8.24. The second-order valence-electron chi connectivity index (χ2n) is 5.63. The predicted octanol–water partition coefficient (Wildman–Crippen LogP) is 2.87. The van der Waals surface area contributed by atoms with E-state index in [0.29, 0.717) is 5.75 Å². The summed E-state index contributed by atoms with van der Waals surface area (Å²) in [4.78, 5) is 0. The highest BCUT2D eigenvalue weighted by molar-refractivity contribution is 6.85. The molecule has 0 amide bonds. The molecule has 0 aliphatic carbocycles. The molecule has 24 heavy (non-hydrogen) atoms. The third-order valence-corrected chi connectivity index (χ3v) is 6.87. The first kappa shape index (κ1) is 16.5. The molecule has 0 heterocycles. The smallest absolute Gasteiger partial charge is 0.186 e. The standard InChI is InChI=1S/C21H21O2Si/c22-17-23-19-13-11-18(12-14-19)15-16-24(20-7-3-1-4-8-20)21-9-5-2-6-10-21/h1-14,22H,15-17H2. The van der Waals surface area contributed by atoms with Crippen LogP contribution in [0.25, 0.3) is 0 Å². The van der Waals surface area contributed by atoms with E-state index in [4.69, 9.17) is 9.84 Å². The van der Waals surface area contributed by atoms with Crippen LogP contribution in [0.2, 0.25) is 6.04 Å². The lowest BCUT2D eigenvalue weighted by Crippen LogP contribution is -2.42. The maximum absolute atomic E-state index is 8.80. The maximum Gasteiger partial charge on any atom is 0.186 e. The van der Waals surface area contributed by atoms with Gasteiger partial charge in [-0.3, -0.25) is 0 Å². The molecule has 0 atom stereocenters. The summed E-state index contributed by atoms with van der Waals surface area (Å²) in [7, 11) is -0.789. The normalized spacial score (nSPS) is 10.8. The van der Waals surface area contributed by atoms with E-state index in [1.807, 2.05) is 12.1 Å². The van der Waals surface area contributed by atoms with Crippen LogP contribution >= 0.6 is 0 Å². The molecule has 3 heteroatoms. The molecule has 0 aliphatic rings. The summed E-state index contributed by atoms with van der Waals surface area (Å²) in [5.74, 6) is 0.706. The highest BCUT2D eigenvalue weighted by atomic mass is 28.3. The molecule has 3 aromatic carbocycles. The van der Waals surface area contributed by atoms with E-state index >= 15 is 0 Å². The average Bonchev–Trinajstić information content (AvgIpc) is 2.65. The van der Waals surface area contributed by atoms with E-state index in [9.17, 15) is 0 Å². The lowest BCUT2D eigenvalue weighted by molar-refractivity contribution is 0.0985. The predicted molar refractivity (Wildman–Crippen MR) is 101 cm³/mol. The van der Waals surface area contributed by atoms with Gasteiger partial charge in [0, 0.05) is 0 Å². The minimum Gasteiger partial charge on any atom is -0.468 e. The molecule has 3 aromatic rings. The summed E-state index contributed by atoms with van der Waals surface area (Å²) in [5, 5.41) is 11.7. The van der Waals surface area contributed by atoms with Gasteiger partial charge in [0.15, 0.2) is 6.79 Å². The molecule has 0 saturated carbocycles. The van der Waals surface area contributed by atoms with Gasteiger partial charge >= 0.3 is 0 Å². The summed E-state index contributed by atoms with van der Waals surface area (Å²) in [6, 6.07) is 30.8. The van der Waals surface area contributed by atoms with Crippen LogP contribution in [0.5, 0.6) is 5.75 Å². The second kappa shape index (κ2) is 8.48. The highest BCUT2D eigenvalue weighted by Crippen LogP contribution is 2.14. The van der Waals surface area contributed by atoms with Gasteiger partial charge in [-0.05, 0) is 30.2 Å². The molecular formula is C21H21O2Si. The molecule has 0 aliphatic heterocycles. The topological polar surface area (TPSA) is 29.5 Å². The largest absolute Gasteiger partial charge is 0.468 e. The number of aliphatic hydroxyl groups excluding tert-OH is 1. The third-order valence-electron chi connectivity index (χ3n) is 4.06. The molecule has 0 saturated heterocycles. The Hall–Kier alpha value is -2.36. The van der Waals surface area contributed by atoms with E-state index in [0.717, 1.165) is 12.5 Å². The molecule has 0 unspecified atom stereocenters. The Labute approximate surface area is 145 Å². The number of hydrogen-bond donors (Lipinski definition) is 1. The zero-order chi connectivity index (χ0) is 16.6. The van der Waals surface area contributed by atoms with Crippen molar-refractivity contribution in [2.45, 2.75) is 12.5 Å². The molecule has 0 fully saturated rings. The first-order valence-corrected chi connectivity index (χ1v) is 9.87. The third kappa shape index (κ3) is 4.34. The molecule has 2 nitrogen and oxygen atoms in total. The van der Waals surface area contributed by atoms with Crippen molar-refractivity contribution in [2.24, 2.45) is 0 Å². The monoisotopic (exact) mass is 333 g/mol. The number of aryl methyl sites for hydroxylation is 1. The molecule has 121 valence electrons. The fourth-order valence-corrected chi connectivity index (χ4v) is 5.47. The summed E-state index contributed by atoms with van der Waals surface area (Å²) in [5.41, 5.74) is 1.30. The molecule has 1 N–H and O–H groups in total. The molecule has 0 aromatic heterocycles. The first-order valence-electron chi connectivity index (χ1n) is 8.16. The molecule has 1 radical (unpaired) electrons. The van der Waals surface area contributed by atoms with Crippen molar-refractivity contribution in [2.75, 3.05) is 6.79 Å². The fourth-order valence-electron chi connectivity index (χ4n) is 2.83. The fraction of sp³-hybridized carbons (Fsp3) is 0.143. The SMILES string of the molecule is OCOc1ccc(CC[Si](c2ccccc2)c2ccccc2)cc1. The Bertz CT molecular complexity index is 687. The van der Waals surface area contributed by atoms with E-state index in [1.54, 1.807) is 0 Å². The summed E-state index contributed by atoms with van der Waals surface area (Å²) in [6.07, 6.45) is 1.04. The molecule has 0 spiro atoms. The van der Waals surface area contributed by atoms with Gasteiger partial charge in [-0.1, -0.05) is 83.2 Å².